The Hall–Kier alpha value is -11.9. The van der Waals surface area contributed by atoms with Gasteiger partial charge in [0.25, 0.3) is 0 Å². The van der Waals surface area contributed by atoms with Gasteiger partial charge in [-0.05, 0) is 73.4 Å². The molecule has 4 aliphatic rings. The third-order valence-electron chi connectivity index (χ3n) is 24.6. The minimum atomic E-state index is -2.01. The van der Waals surface area contributed by atoms with Crippen LogP contribution in [0.15, 0.2) is 42.5 Å². The lowest BCUT2D eigenvalue weighted by Gasteiger charge is -2.35. The van der Waals surface area contributed by atoms with Crippen molar-refractivity contribution in [3.05, 3.63) is 58.6 Å². The quantitative estimate of drug-likeness (QED) is 0.0167. The van der Waals surface area contributed by atoms with Gasteiger partial charge in [-0.15, -0.1) is 0 Å². The number of halogens is 1. The molecule has 54 heteroatoms. The van der Waals surface area contributed by atoms with Crippen LogP contribution in [0.3, 0.4) is 0 Å². The summed E-state index contributed by atoms with van der Waals surface area (Å²) in [5.74, 6) is -20.3. The topological polar surface area (TPSA) is 657 Å². The summed E-state index contributed by atoms with van der Waals surface area (Å²) in [6, 6.07) is -7.24. The van der Waals surface area contributed by atoms with Crippen molar-refractivity contribution in [3.63, 3.8) is 0 Å². The first-order valence-corrected chi connectivity index (χ1v) is 50.5. The summed E-state index contributed by atoms with van der Waals surface area (Å²) in [6.45, 7) is 1.29. The Morgan fingerprint density at radius 3 is 1.43 bits per heavy atom. The number of methoxy groups -OCH3 is 7. The van der Waals surface area contributed by atoms with Crippen LogP contribution in [0.2, 0.25) is 5.02 Å². The van der Waals surface area contributed by atoms with Gasteiger partial charge in [0.2, 0.25) is 65.0 Å². The molecule has 0 spiro atoms. The average molecular weight is 2120 g/mol. The van der Waals surface area contributed by atoms with Crippen molar-refractivity contribution in [2.45, 2.75) is 151 Å². The SMILES string of the molecule is CNC(=O)[C@@H]1CSSC[C@H](NC(=O)[C@@H](CCC(=O)O)NC(=O)[C@H](Cc2ccc(O)cc2)NC(=O)C(CNC(=O)CCC(C(=O)OC)N2CCN(CC(=O)OC)CCN(CC(=O)O)CCN(CC(=O)OC)CC2)NC(=O)CCC(C(=O)OC)N2CCN(CC(=O)OC)CCCN(CC(=O)OC)CCN(CC(=O)OC)CC2)C(=O)N2C[C@H](O)CC2C(=O)N[C@@H](Cc2ccc(O)c(Cl)c2)C(=O)NCC(=O)N[C@@H](CC(C)C)C(=O)N1. The number of esters is 7. The van der Waals surface area contributed by atoms with Crippen LogP contribution in [0.5, 0.6) is 11.5 Å². The van der Waals surface area contributed by atoms with Crippen molar-refractivity contribution < 1.29 is 155 Å². The number of carbonyl (C=O) groups excluding carboxylic acids is 18. The second-order valence-electron chi connectivity index (χ2n) is 35.6. The lowest BCUT2D eigenvalue weighted by molar-refractivity contribution is -0.149. The maximum absolute atomic E-state index is 15.7. The highest BCUT2D eigenvalue weighted by molar-refractivity contribution is 8.76. The maximum atomic E-state index is 15.7. The Balaban J connectivity index is 1.44. The van der Waals surface area contributed by atoms with Gasteiger partial charge >= 0.3 is 53.7 Å². The van der Waals surface area contributed by atoms with Crippen LogP contribution >= 0.6 is 33.2 Å². The second kappa shape index (κ2) is 64.2. The summed E-state index contributed by atoms with van der Waals surface area (Å²) in [4.78, 5) is 295. The number of likely N-dealkylation sites (N-methyl/N-ethyl adjacent to an activating group) is 1. The highest BCUT2D eigenvalue weighted by Gasteiger charge is 2.45. The number of phenolic OH excluding ortho intramolecular Hbond substituents is 2. The molecule has 11 amide bonds. The summed E-state index contributed by atoms with van der Waals surface area (Å²) in [5.41, 5.74) is 0.457. The molecule has 0 aromatic heterocycles. The Morgan fingerprint density at radius 1 is 0.493 bits per heavy atom. The van der Waals surface area contributed by atoms with Crippen LogP contribution in [-0.4, -0.2) is 487 Å². The average Bonchev–Trinajstić information content (AvgIpc) is 1.65. The minimum Gasteiger partial charge on any atom is -0.508 e. The van der Waals surface area contributed by atoms with Crippen molar-refractivity contribution in [2.24, 2.45) is 5.92 Å². The number of hydrogen-bond donors (Lipinski definition) is 15. The molecule has 0 bridgehead atoms. The van der Waals surface area contributed by atoms with Crippen LogP contribution in [0.1, 0.15) is 82.8 Å². The fourth-order valence-corrected chi connectivity index (χ4v) is 19.0. The van der Waals surface area contributed by atoms with E-state index in [9.17, 15) is 97.5 Å². The van der Waals surface area contributed by atoms with Gasteiger partial charge in [0.05, 0.1) is 107 Å². The van der Waals surface area contributed by atoms with Crippen LogP contribution in [0.4, 0.5) is 0 Å². The monoisotopic (exact) mass is 2120 g/mol. The van der Waals surface area contributed by atoms with Gasteiger partial charge < -0.3 is 117 Å². The number of aromatic hydroxyl groups is 2. The van der Waals surface area contributed by atoms with E-state index in [4.69, 9.17) is 44.8 Å². The third kappa shape index (κ3) is 43.6. The lowest BCUT2D eigenvalue weighted by Crippen LogP contribution is -2.61. The molecule has 2 aromatic carbocycles. The number of carbonyl (C=O) groups is 20. The van der Waals surface area contributed by atoms with Gasteiger partial charge in [0.1, 0.15) is 71.9 Å². The van der Waals surface area contributed by atoms with Crippen molar-refractivity contribution in [3.8, 4) is 11.5 Å². The molecule has 15 N–H and O–H groups in total. The number of carboxylic acids is 2. The van der Waals surface area contributed by atoms with Crippen molar-refractivity contribution in [1.82, 2.24) is 97.3 Å². The van der Waals surface area contributed by atoms with E-state index in [-0.39, 0.29) is 189 Å². The maximum Gasteiger partial charge on any atom is 0.323 e. The zero-order valence-electron chi connectivity index (χ0n) is 83.8. The summed E-state index contributed by atoms with van der Waals surface area (Å²) in [6.07, 6.45) is -6.06. The van der Waals surface area contributed by atoms with Gasteiger partial charge in [0.15, 0.2) is 0 Å². The van der Waals surface area contributed by atoms with Crippen LogP contribution in [0.25, 0.3) is 0 Å². The fourth-order valence-electron chi connectivity index (χ4n) is 16.4. The summed E-state index contributed by atoms with van der Waals surface area (Å²) in [7, 11) is 11.2. The van der Waals surface area contributed by atoms with E-state index in [0.29, 0.717) is 13.0 Å². The van der Waals surface area contributed by atoms with Gasteiger partial charge in [-0.25, -0.2) is 0 Å². The number of aliphatic carboxylic acids is 2. The van der Waals surface area contributed by atoms with E-state index in [0.717, 1.165) is 40.7 Å². The Kier molecular flexibility index (Phi) is 54.0. The molecule has 4 aliphatic heterocycles. The van der Waals surface area contributed by atoms with Crippen molar-refractivity contribution in [1.29, 1.82) is 0 Å². The van der Waals surface area contributed by atoms with E-state index in [2.05, 4.69) is 53.2 Å². The zero-order chi connectivity index (χ0) is 108. The number of ether oxygens (including phenoxy) is 7. The standard InChI is InChI=1S/C92H140ClN19O32S2/c1-56(2)40-63-86(131)102-67(83(128)94-3)54-145-146-55-68(90(135)112-47-60(114)44-71(112)89(134)101-64(84(129)96-46-75(118)97-63)43-58-14-20-72(115)61(93)41-58)103-85(130)62(17-23-76(119)120)99-87(132)65(42-57-12-15-59(113)16-13-57)100-88(133)66(45-95-73(116)21-18-69(91(136)143-9)111-38-34-108(52-81(126)141-7)30-27-106(48-77(121)122)28-31-109(35-39-111)53-82(127)142-8)98-74(117)22-19-70(92(137)144-10)110-36-32-105(50-79(124)139-5)25-11-24-104(49-78(123)138-4)26-29-107(33-37-110)51-80(125)140-6/h12-16,20,41,56,60,62-71,113-115H,11,17-19,21-40,42-55H2,1-10H3,(H,94,128)(H,95,116)(H,96,129)(H,97,118)(H,98,117)(H,99,132)(H,100,133)(H,101,134)(H,102,131)(H,103,130)(H,119,120)(H,121,122)/t60-,62-,63+,64+,65+,66?,67+,68+,69?,70?,71?/m1/s1. The molecular weight excluding hydrogens is 1980 g/mol. The van der Waals surface area contributed by atoms with E-state index >= 15 is 24.0 Å². The van der Waals surface area contributed by atoms with Crippen molar-refractivity contribution in [2.75, 3.05) is 232 Å². The Labute approximate surface area is 858 Å². The summed E-state index contributed by atoms with van der Waals surface area (Å²) >= 11 is 6.28. The molecule has 0 radical (unpaired) electrons. The molecule has 11 atom stereocenters. The van der Waals surface area contributed by atoms with Crippen LogP contribution in [0, 0.1) is 5.92 Å². The third-order valence-corrected chi connectivity index (χ3v) is 27.3. The number of fused-ring (bicyclic) bond motifs is 1. The number of rotatable bonds is 41. The number of nitrogens with one attached hydrogen (secondary N) is 10. The summed E-state index contributed by atoms with van der Waals surface area (Å²) < 4.78 is 35.7. The molecule has 4 fully saturated rings. The largest absolute Gasteiger partial charge is 0.508 e. The van der Waals surface area contributed by atoms with Gasteiger partial charge in [-0.3, -0.25) is 135 Å². The van der Waals surface area contributed by atoms with Gasteiger partial charge in [-0.1, -0.05) is 65.2 Å². The molecule has 6 rings (SSSR count). The smallest absolute Gasteiger partial charge is 0.323 e. The minimum absolute atomic E-state index is 0.00977. The molecular formula is C92H140ClN19O32S2. The molecule has 814 valence electrons. The Morgan fingerprint density at radius 2 is 0.959 bits per heavy atom. The second-order valence-corrected chi connectivity index (χ2v) is 38.5. The number of amides is 11. The number of aliphatic hydroxyl groups excluding tert-OH is 1. The van der Waals surface area contributed by atoms with Gasteiger partial charge in [0, 0.05) is 175 Å². The van der Waals surface area contributed by atoms with Crippen LogP contribution in [-0.2, 0) is 142 Å². The molecule has 146 heavy (non-hydrogen) atoms. The number of carboxylic acid groups (broad SMARTS) is 2. The predicted molar refractivity (Wildman–Crippen MR) is 524 cm³/mol. The van der Waals surface area contributed by atoms with E-state index < -0.39 is 262 Å². The predicted octanol–water partition coefficient (Wildman–Crippen LogP) is -6.40. The van der Waals surface area contributed by atoms with Crippen LogP contribution < -0.4 is 53.2 Å². The number of phenols is 2. The first-order valence-electron chi connectivity index (χ1n) is 47.6. The molecule has 4 unspecified atom stereocenters. The lowest BCUT2D eigenvalue weighted by atomic mass is 10.0. The number of benzene rings is 2. The first-order chi connectivity index (χ1) is 69.5. The molecule has 0 aliphatic carbocycles. The number of hydrogen-bond acceptors (Lipinski definition) is 40. The number of aliphatic hydroxyl groups is 1. The molecule has 0 saturated carbocycles. The Bertz CT molecular complexity index is 4720. The van der Waals surface area contributed by atoms with Crippen molar-refractivity contribution >= 4 is 152 Å². The molecule has 51 nitrogen and oxygen atoms in total. The number of nitrogens with zero attached hydrogens (tertiary/aromatic N) is 9. The molecule has 4 saturated heterocycles. The highest BCUT2D eigenvalue weighted by Crippen LogP contribution is 2.29. The molecule has 2 aromatic rings. The van der Waals surface area contributed by atoms with E-state index in [1.54, 1.807) is 48.1 Å². The van der Waals surface area contributed by atoms with E-state index in [1.165, 1.54) is 85.1 Å². The van der Waals surface area contributed by atoms with Gasteiger partial charge in [-0.2, -0.15) is 0 Å². The summed E-state index contributed by atoms with van der Waals surface area (Å²) in [5, 5.41) is 77.8. The fraction of sp³-hybridized carbons (Fsp3) is 0.652. The van der Waals surface area contributed by atoms with E-state index in [1.807, 2.05) is 4.90 Å². The first kappa shape index (κ1) is 123. The normalized spacial score (nSPS) is 20.7. The molecule has 4 heterocycles. The highest BCUT2D eigenvalue weighted by atomic mass is 35.5. The zero-order valence-corrected chi connectivity index (χ0v) is 86.2.